The molecule has 0 aliphatic heterocycles. The quantitative estimate of drug-likeness (QED) is 0.487. The van der Waals surface area contributed by atoms with E-state index in [9.17, 15) is 8.42 Å². The van der Waals surface area contributed by atoms with Crippen molar-refractivity contribution < 1.29 is 13.0 Å². The molecule has 1 atom stereocenters. The van der Waals surface area contributed by atoms with Crippen molar-refractivity contribution >= 4 is 10.1 Å². The van der Waals surface area contributed by atoms with Crippen LogP contribution in [-0.2, 0) is 10.1 Å². The van der Waals surface area contributed by atoms with E-state index in [4.69, 9.17) is 4.55 Å². The second-order valence-corrected chi connectivity index (χ2v) is 4.01. The molecule has 0 bridgehead atoms. The third-order valence-corrected chi connectivity index (χ3v) is 2.08. The number of rotatable bonds is 4. The fraction of sp³-hybridized carbons (Fsp3) is 0.667. The van der Waals surface area contributed by atoms with E-state index in [2.05, 4.69) is 6.58 Å². The molecular weight excluding hydrogens is 166 g/mol. The summed E-state index contributed by atoms with van der Waals surface area (Å²) in [7, 11) is -0.454. The lowest BCUT2D eigenvalue weighted by Gasteiger charge is -2.18. The average molecular weight is 179 g/mol. The highest BCUT2D eigenvalue weighted by Gasteiger charge is 2.14. The molecule has 66 valence electrons. The van der Waals surface area contributed by atoms with Crippen molar-refractivity contribution in [1.29, 1.82) is 0 Å². The van der Waals surface area contributed by atoms with Crippen LogP contribution in [0.25, 0.3) is 0 Å². The van der Waals surface area contributed by atoms with Crippen LogP contribution in [0.5, 0.6) is 0 Å². The molecule has 0 heterocycles. The SMILES string of the molecule is C=CC(CS(=O)(=O)O)N(C)C. The first-order valence-corrected chi connectivity index (χ1v) is 4.72. The molecule has 11 heavy (non-hydrogen) atoms. The van der Waals surface area contributed by atoms with E-state index in [1.165, 1.54) is 6.08 Å². The third kappa shape index (κ3) is 4.94. The van der Waals surface area contributed by atoms with E-state index in [-0.39, 0.29) is 11.8 Å². The summed E-state index contributed by atoms with van der Waals surface area (Å²) in [5.41, 5.74) is 0. The smallest absolute Gasteiger partial charge is 0.266 e. The van der Waals surface area contributed by atoms with Crippen molar-refractivity contribution in [2.75, 3.05) is 19.8 Å². The highest BCUT2D eigenvalue weighted by Crippen LogP contribution is 1.98. The van der Waals surface area contributed by atoms with E-state index < -0.39 is 10.1 Å². The molecule has 0 fully saturated rings. The Morgan fingerprint density at radius 1 is 1.64 bits per heavy atom. The standard InChI is InChI=1S/C6H13NO3S/c1-4-6(7(2)3)5-11(8,9)10/h4,6H,1,5H2,2-3H3,(H,8,9,10). The van der Waals surface area contributed by atoms with E-state index in [1.807, 2.05) is 0 Å². The highest BCUT2D eigenvalue weighted by atomic mass is 32.2. The summed E-state index contributed by atoms with van der Waals surface area (Å²) in [6.45, 7) is 3.45. The highest BCUT2D eigenvalue weighted by molar-refractivity contribution is 7.85. The topological polar surface area (TPSA) is 57.6 Å². The van der Waals surface area contributed by atoms with Gasteiger partial charge in [-0.3, -0.25) is 4.55 Å². The van der Waals surface area contributed by atoms with Gasteiger partial charge in [-0.2, -0.15) is 8.42 Å². The van der Waals surface area contributed by atoms with Crippen molar-refractivity contribution in [3.8, 4) is 0 Å². The summed E-state index contributed by atoms with van der Waals surface area (Å²) in [5.74, 6) is -0.302. The van der Waals surface area contributed by atoms with Gasteiger partial charge in [-0.1, -0.05) is 6.08 Å². The molecule has 0 rings (SSSR count). The Hall–Kier alpha value is -0.390. The second kappa shape index (κ2) is 3.85. The molecule has 0 aliphatic carbocycles. The first-order valence-electron chi connectivity index (χ1n) is 3.11. The first kappa shape index (κ1) is 10.6. The van der Waals surface area contributed by atoms with Gasteiger partial charge in [0, 0.05) is 6.04 Å². The number of likely N-dealkylation sites (N-methyl/N-ethyl adjacent to an activating group) is 1. The maximum Gasteiger partial charge on any atom is 0.266 e. The van der Waals surface area contributed by atoms with Crippen LogP contribution < -0.4 is 0 Å². The Morgan fingerprint density at radius 2 is 2.09 bits per heavy atom. The van der Waals surface area contributed by atoms with Crippen molar-refractivity contribution in [3.05, 3.63) is 12.7 Å². The van der Waals surface area contributed by atoms with Crippen LogP contribution in [0.3, 0.4) is 0 Å². The average Bonchev–Trinajstić information content (AvgIpc) is 1.80. The van der Waals surface area contributed by atoms with Gasteiger partial charge in [0.25, 0.3) is 10.1 Å². The van der Waals surface area contributed by atoms with Crippen LogP contribution in [0, 0.1) is 0 Å². The van der Waals surface area contributed by atoms with Crippen molar-refractivity contribution in [2.24, 2.45) is 0 Å². The fourth-order valence-corrected chi connectivity index (χ4v) is 1.51. The Morgan fingerprint density at radius 3 is 2.18 bits per heavy atom. The van der Waals surface area contributed by atoms with Crippen LogP contribution >= 0.6 is 0 Å². The molecule has 1 unspecified atom stereocenters. The molecule has 0 aromatic rings. The monoisotopic (exact) mass is 179 g/mol. The third-order valence-electron chi connectivity index (χ3n) is 1.32. The zero-order chi connectivity index (χ0) is 9.07. The fourth-order valence-electron chi connectivity index (χ4n) is 0.644. The Kier molecular flexibility index (Phi) is 3.71. The van der Waals surface area contributed by atoms with E-state index in [0.717, 1.165) is 0 Å². The van der Waals surface area contributed by atoms with Gasteiger partial charge in [-0.25, -0.2) is 0 Å². The predicted octanol–water partition coefficient (Wildman–Crippen LogP) is -0.00960. The summed E-state index contributed by atoms with van der Waals surface area (Å²) in [4.78, 5) is 1.67. The molecule has 5 heteroatoms. The predicted molar refractivity (Wildman–Crippen MR) is 44.1 cm³/mol. The van der Waals surface area contributed by atoms with E-state index in [1.54, 1.807) is 19.0 Å². The lowest BCUT2D eigenvalue weighted by Crippen LogP contribution is -2.32. The van der Waals surface area contributed by atoms with Gasteiger partial charge >= 0.3 is 0 Å². The normalized spacial score (nSPS) is 14.9. The number of hydrogen-bond donors (Lipinski definition) is 1. The Bertz CT molecular complexity index is 220. The van der Waals surface area contributed by atoms with Gasteiger partial charge < -0.3 is 4.90 Å². The maximum absolute atomic E-state index is 10.4. The van der Waals surface area contributed by atoms with Crippen molar-refractivity contribution in [2.45, 2.75) is 6.04 Å². The van der Waals surface area contributed by atoms with Gasteiger partial charge in [-0.15, -0.1) is 6.58 Å². The molecule has 0 aliphatic rings. The molecule has 0 aromatic carbocycles. The molecule has 1 N–H and O–H groups in total. The van der Waals surface area contributed by atoms with Crippen molar-refractivity contribution in [3.63, 3.8) is 0 Å². The summed E-state index contributed by atoms with van der Waals surface area (Å²) < 4.78 is 29.2. The first-order chi connectivity index (χ1) is 4.87. The van der Waals surface area contributed by atoms with Crippen LogP contribution in [0.4, 0.5) is 0 Å². The zero-order valence-corrected chi connectivity index (χ0v) is 7.50. The Labute approximate surface area is 67.3 Å². The number of nitrogens with zero attached hydrogens (tertiary/aromatic N) is 1. The molecule has 0 radical (unpaired) electrons. The van der Waals surface area contributed by atoms with Crippen LogP contribution in [-0.4, -0.2) is 43.8 Å². The largest absolute Gasteiger partial charge is 0.302 e. The minimum Gasteiger partial charge on any atom is -0.302 e. The Balaban J connectivity index is 4.22. The van der Waals surface area contributed by atoms with E-state index in [0.29, 0.717) is 0 Å². The summed E-state index contributed by atoms with van der Waals surface area (Å²) >= 11 is 0. The molecular formula is C6H13NO3S. The van der Waals surface area contributed by atoms with Gasteiger partial charge in [0.15, 0.2) is 0 Å². The molecule has 0 aromatic heterocycles. The lowest BCUT2D eigenvalue weighted by atomic mass is 10.3. The van der Waals surface area contributed by atoms with Crippen molar-refractivity contribution in [1.82, 2.24) is 4.90 Å². The zero-order valence-electron chi connectivity index (χ0n) is 6.69. The molecule has 0 saturated heterocycles. The minimum absolute atomic E-state index is 0.302. The van der Waals surface area contributed by atoms with Gasteiger partial charge in [0.05, 0.1) is 5.75 Å². The molecule has 4 nitrogen and oxygen atoms in total. The van der Waals surface area contributed by atoms with Gasteiger partial charge in [0.1, 0.15) is 0 Å². The van der Waals surface area contributed by atoms with Crippen LogP contribution in [0.1, 0.15) is 0 Å². The van der Waals surface area contributed by atoms with Crippen LogP contribution in [0.15, 0.2) is 12.7 Å². The van der Waals surface area contributed by atoms with Gasteiger partial charge in [0.2, 0.25) is 0 Å². The second-order valence-electron chi connectivity index (χ2n) is 2.52. The minimum atomic E-state index is -3.89. The number of hydrogen-bond acceptors (Lipinski definition) is 3. The summed E-state index contributed by atoms with van der Waals surface area (Å²) in [6, 6.07) is -0.329. The van der Waals surface area contributed by atoms with Gasteiger partial charge in [-0.05, 0) is 14.1 Å². The van der Waals surface area contributed by atoms with E-state index >= 15 is 0 Å². The molecule has 0 saturated carbocycles. The van der Waals surface area contributed by atoms with Crippen LogP contribution in [0.2, 0.25) is 0 Å². The summed E-state index contributed by atoms with van der Waals surface area (Å²) in [5, 5.41) is 0. The molecule has 0 amide bonds. The molecule has 0 spiro atoms. The lowest BCUT2D eigenvalue weighted by molar-refractivity contribution is 0.357. The maximum atomic E-state index is 10.4. The summed E-state index contributed by atoms with van der Waals surface area (Å²) in [6.07, 6.45) is 1.48.